The molecule has 0 saturated carbocycles. The van der Waals surface area contributed by atoms with E-state index in [0.717, 1.165) is 34.4 Å². The SMILES string of the molecule is CC(C)(C)C(=O)OCO[P@@]1(=O)OC[C@H]2O[C@@H](n3cnc4c(N)ncnc43)[C@H](F)[C@@H]2O[P@](=O)(OCOC(=O)C(C)(C)C)OC[C@H]2O[C@@H](n3cnc4c(N)ncnc43)[C@H](F)[C@@H]2O1. The summed E-state index contributed by atoms with van der Waals surface area (Å²) in [5.74, 6) is -1.60. The van der Waals surface area contributed by atoms with Crippen molar-refractivity contribution in [2.24, 2.45) is 10.8 Å². The molecule has 328 valence electrons. The Morgan fingerprint density at radius 3 is 1.45 bits per heavy atom. The molecule has 4 aromatic rings. The molecule has 7 heterocycles. The van der Waals surface area contributed by atoms with Crippen molar-refractivity contribution >= 4 is 61.5 Å². The Hall–Kier alpha value is -4.36. The molecule has 10 atom stereocenters. The molecule has 0 spiro atoms. The molecule has 3 fully saturated rings. The van der Waals surface area contributed by atoms with Crippen LogP contribution in [0.2, 0.25) is 0 Å². The second-order valence-corrected chi connectivity index (χ2v) is 18.9. The lowest BCUT2D eigenvalue weighted by atomic mass is 9.98. The molecular formula is C32H42F2N10O14P2. The number of imidazole rings is 2. The van der Waals surface area contributed by atoms with Crippen molar-refractivity contribution in [3.8, 4) is 0 Å². The van der Waals surface area contributed by atoms with Crippen LogP contribution in [0.1, 0.15) is 54.0 Å². The van der Waals surface area contributed by atoms with Crippen LogP contribution in [0.5, 0.6) is 0 Å². The minimum absolute atomic E-state index is 0.0310. The number of hydrogen-bond donors (Lipinski definition) is 2. The van der Waals surface area contributed by atoms with E-state index < -0.39 is 114 Å². The van der Waals surface area contributed by atoms with Gasteiger partial charge >= 0.3 is 27.6 Å². The molecule has 0 radical (unpaired) electrons. The van der Waals surface area contributed by atoms with Crippen molar-refractivity contribution in [3.05, 3.63) is 25.3 Å². The number of fused-ring (bicyclic) bond motifs is 4. The Kier molecular flexibility index (Phi) is 12.0. The number of esters is 2. The fourth-order valence-corrected chi connectivity index (χ4v) is 8.53. The number of anilines is 2. The monoisotopic (exact) mass is 890 g/mol. The predicted molar refractivity (Wildman–Crippen MR) is 197 cm³/mol. The van der Waals surface area contributed by atoms with Crippen LogP contribution in [0.25, 0.3) is 22.3 Å². The zero-order chi connectivity index (χ0) is 43.4. The van der Waals surface area contributed by atoms with Gasteiger partial charge in [-0.3, -0.25) is 36.8 Å². The van der Waals surface area contributed by atoms with E-state index in [2.05, 4.69) is 29.9 Å². The molecule has 24 nitrogen and oxygen atoms in total. The Balaban J connectivity index is 1.24. The molecule has 4 aromatic heterocycles. The van der Waals surface area contributed by atoms with Gasteiger partial charge in [-0.1, -0.05) is 0 Å². The van der Waals surface area contributed by atoms with E-state index in [-0.39, 0.29) is 34.0 Å². The first kappa shape index (κ1) is 43.7. The van der Waals surface area contributed by atoms with Gasteiger partial charge in [0.1, 0.15) is 48.1 Å². The molecule has 0 amide bonds. The Labute approximate surface area is 339 Å². The van der Waals surface area contributed by atoms with Gasteiger partial charge in [-0.2, -0.15) is 0 Å². The Bertz CT molecular complexity index is 2180. The van der Waals surface area contributed by atoms with Gasteiger partial charge in [0.05, 0.1) is 36.7 Å². The minimum atomic E-state index is -5.11. The average molecular weight is 891 g/mol. The van der Waals surface area contributed by atoms with E-state index >= 15 is 8.78 Å². The van der Waals surface area contributed by atoms with Crippen molar-refractivity contribution in [3.63, 3.8) is 0 Å². The van der Waals surface area contributed by atoms with Gasteiger partial charge in [-0.25, -0.2) is 56.9 Å². The highest BCUT2D eigenvalue weighted by Gasteiger charge is 2.56. The first-order valence-corrected chi connectivity index (χ1v) is 21.0. The summed E-state index contributed by atoms with van der Waals surface area (Å²) in [7, 11) is -10.2. The number of hydrogen-bond acceptors (Lipinski definition) is 22. The molecule has 0 bridgehead atoms. The first-order valence-electron chi connectivity index (χ1n) is 18.1. The fraction of sp³-hybridized carbons (Fsp3) is 0.625. The maximum absolute atomic E-state index is 16.8. The fourth-order valence-electron chi connectivity index (χ4n) is 6.01. The van der Waals surface area contributed by atoms with Gasteiger partial charge in [0.2, 0.25) is 13.6 Å². The van der Waals surface area contributed by atoms with Crippen LogP contribution < -0.4 is 11.5 Å². The average Bonchev–Trinajstić information content (AvgIpc) is 3.94. The summed E-state index contributed by atoms with van der Waals surface area (Å²) in [6.07, 6.45) is -10.6. The predicted octanol–water partition coefficient (Wildman–Crippen LogP) is 3.46. The third-order valence-corrected chi connectivity index (χ3v) is 12.0. The molecule has 3 aliphatic rings. The number of ether oxygens (including phenoxy) is 4. The number of aromatic nitrogens is 8. The van der Waals surface area contributed by atoms with Crippen molar-refractivity contribution in [1.29, 1.82) is 0 Å². The van der Waals surface area contributed by atoms with Crippen molar-refractivity contribution < 1.29 is 73.6 Å². The molecule has 4 N–H and O–H groups in total. The van der Waals surface area contributed by atoms with Crippen LogP contribution >= 0.6 is 15.6 Å². The second-order valence-electron chi connectivity index (χ2n) is 15.7. The summed E-state index contributed by atoms with van der Waals surface area (Å²) in [5, 5.41) is 0. The molecule has 0 aromatic carbocycles. The summed E-state index contributed by atoms with van der Waals surface area (Å²) in [5.41, 5.74) is 10.1. The van der Waals surface area contributed by atoms with Crippen LogP contribution in [0.15, 0.2) is 25.3 Å². The quantitative estimate of drug-likeness (QED) is 0.145. The number of carbonyl (C=O) groups excluding carboxylic acids is 2. The van der Waals surface area contributed by atoms with Gasteiger partial charge in [0.15, 0.2) is 47.7 Å². The molecule has 7 rings (SSSR count). The number of nitrogens with zero attached hydrogens (tertiary/aromatic N) is 8. The first-order chi connectivity index (χ1) is 28.2. The highest BCUT2D eigenvalue weighted by atomic mass is 31.2. The van der Waals surface area contributed by atoms with E-state index in [1.165, 1.54) is 0 Å². The second kappa shape index (κ2) is 16.5. The van der Waals surface area contributed by atoms with Crippen LogP contribution in [0, 0.1) is 10.8 Å². The zero-order valence-corrected chi connectivity index (χ0v) is 34.6. The Morgan fingerprint density at radius 1 is 0.700 bits per heavy atom. The summed E-state index contributed by atoms with van der Waals surface area (Å²) in [6.45, 7) is 5.41. The standard InChI is InChI=1S/C32H42F2N10O14P2/c1-31(2,3)29(45)49-13-53-59(47)51-7-15-22(18(34)28(55-15)44-12-42-20-24(36)38-10-40-26(20)44)58-60(48,54-14-50-30(46)32(4,5)6)52-8-16-21(57-59)17(33)27(56-16)43-11-41-19-23(35)37-9-39-25(19)43/h9-12,15-18,21-22,27-28H,7-8,13-14H2,1-6H3,(H2,35,37,39)(H2,36,38,40)/t15-,16-,17-,18-,21-,22-,27-,28-,59-,60+/m1/s1. The summed E-state index contributed by atoms with van der Waals surface area (Å²) in [4.78, 5) is 49.4. The molecule has 0 aliphatic carbocycles. The largest absolute Gasteiger partial charge is 0.478 e. The van der Waals surface area contributed by atoms with E-state index in [0.29, 0.717) is 0 Å². The lowest BCUT2D eigenvalue weighted by Gasteiger charge is -2.30. The van der Waals surface area contributed by atoms with E-state index in [1.807, 2.05) is 0 Å². The number of phosphoric ester groups is 2. The smallest absolute Gasteiger partial charge is 0.437 e. The number of halogens is 2. The number of nitrogen functional groups attached to an aromatic ring is 2. The van der Waals surface area contributed by atoms with Crippen LogP contribution in [-0.2, 0) is 64.8 Å². The van der Waals surface area contributed by atoms with Gasteiger partial charge in [-0.05, 0) is 41.5 Å². The lowest BCUT2D eigenvalue weighted by Crippen LogP contribution is -2.38. The van der Waals surface area contributed by atoms with Gasteiger partial charge in [0, 0.05) is 0 Å². The molecule has 60 heavy (non-hydrogen) atoms. The topological polar surface area (TPSA) is 300 Å². The minimum Gasteiger partial charge on any atom is -0.437 e. The summed E-state index contributed by atoms with van der Waals surface area (Å²) >= 11 is 0. The third-order valence-electron chi connectivity index (χ3n) is 9.18. The molecular weight excluding hydrogens is 848 g/mol. The Morgan fingerprint density at radius 2 is 1.08 bits per heavy atom. The van der Waals surface area contributed by atoms with Crippen LogP contribution in [0.3, 0.4) is 0 Å². The van der Waals surface area contributed by atoms with E-state index in [1.54, 1.807) is 41.5 Å². The third kappa shape index (κ3) is 8.84. The highest BCUT2D eigenvalue weighted by molar-refractivity contribution is 7.48. The van der Waals surface area contributed by atoms with Gasteiger partial charge < -0.3 is 30.4 Å². The number of nitrogens with two attached hydrogens (primary N) is 2. The van der Waals surface area contributed by atoms with Crippen LogP contribution in [-0.4, -0.2) is 115 Å². The molecule has 0 unspecified atom stereocenters. The normalized spacial score (nSPS) is 31.6. The number of carbonyl (C=O) groups is 2. The van der Waals surface area contributed by atoms with Crippen molar-refractivity contribution in [1.82, 2.24) is 39.0 Å². The van der Waals surface area contributed by atoms with Crippen molar-refractivity contribution in [2.45, 2.75) is 90.8 Å². The van der Waals surface area contributed by atoms with E-state index in [9.17, 15) is 18.7 Å². The number of rotatable bonds is 8. The van der Waals surface area contributed by atoms with Crippen LogP contribution in [0.4, 0.5) is 20.4 Å². The van der Waals surface area contributed by atoms with Gasteiger partial charge in [-0.15, -0.1) is 0 Å². The highest BCUT2D eigenvalue weighted by Crippen LogP contribution is 2.58. The number of alkyl halides is 2. The van der Waals surface area contributed by atoms with Gasteiger partial charge in [0.25, 0.3) is 0 Å². The maximum atomic E-state index is 16.8. The molecule has 28 heteroatoms. The lowest BCUT2D eigenvalue weighted by molar-refractivity contribution is -0.161. The maximum Gasteiger partial charge on any atom is 0.478 e. The summed E-state index contributed by atoms with van der Waals surface area (Å²) < 4.78 is 121. The molecule has 3 aliphatic heterocycles. The zero-order valence-electron chi connectivity index (χ0n) is 32.9. The number of phosphoric acid groups is 2. The van der Waals surface area contributed by atoms with Crippen molar-refractivity contribution in [2.75, 3.05) is 38.3 Å². The summed E-state index contributed by atoms with van der Waals surface area (Å²) in [6, 6.07) is 0. The molecule has 3 saturated heterocycles. The van der Waals surface area contributed by atoms with E-state index in [4.69, 9.17) is 57.6 Å².